The standard InChI is InChI=1S/C20H27N3OS/c1-15-13-16(10-11-21-15)14-23(2)20(24)22-19(18-9-6-12-25-18)17-7-4-3-5-8-17/h6,9-13,17,19H,3-5,7-8,14H2,1-2H3,(H,22,24)/t19-/m0/s1. The summed E-state index contributed by atoms with van der Waals surface area (Å²) < 4.78 is 0. The first-order chi connectivity index (χ1) is 12.1. The number of aryl methyl sites for hydroxylation is 1. The van der Waals surface area contributed by atoms with Crippen LogP contribution in [0.25, 0.3) is 0 Å². The van der Waals surface area contributed by atoms with E-state index < -0.39 is 0 Å². The number of nitrogens with one attached hydrogen (secondary N) is 1. The van der Waals surface area contributed by atoms with Gasteiger partial charge >= 0.3 is 6.03 Å². The number of hydrogen-bond acceptors (Lipinski definition) is 3. The molecule has 134 valence electrons. The Morgan fingerprint density at radius 3 is 2.84 bits per heavy atom. The van der Waals surface area contributed by atoms with Crippen molar-refractivity contribution >= 4 is 17.4 Å². The maximum atomic E-state index is 12.8. The van der Waals surface area contributed by atoms with Crippen LogP contribution >= 0.6 is 11.3 Å². The lowest BCUT2D eigenvalue weighted by atomic mass is 9.83. The van der Waals surface area contributed by atoms with E-state index in [2.05, 4.69) is 27.8 Å². The van der Waals surface area contributed by atoms with Crippen LogP contribution in [0.1, 0.15) is 54.3 Å². The Kier molecular flexibility index (Phi) is 6.08. The predicted molar refractivity (Wildman–Crippen MR) is 103 cm³/mol. The van der Waals surface area contributed by atoms with Gasteiger partial charge in [-0.2, -0.15) is 0 Å². The lowest BCUT2D eigenvalue weighted by Gasteiger charge is -2.32. The van der Waals surface area contributed by atoms with Crippen molar-refractivity contribution in [1.82, 2.24) is 15.2 Å². The molecule has 1 atom stereocenters. The van der Waals surface area contributed by atoms with Gasteiger partial charge in [0, 0.05) is 30.4 Å². The van der Waals surface area contributed by atoms with E-state index in [4.69, 9.17) is 0 Å². The van der Waals surface area contributed by atoms with Crippen LogP contribution in [0.3, 0.4) is 0 Å². The van der Waals surface area contributed by atoms with Gasteiger partial charge in [0.05, 0.1) is 6.04 Å². The van der Waals surface area contributed by atoms with E-state index in [9.17, 15) is 4.79 Å². The molecule has 2 amide bonds. The zero-order valence-electron chi connectivity index (χ0n) is 15.1. The third-order valence-corrected chi connectivity index (χ3v) is 5.93. The van der Waals surface area contributed by atoms with Gasteiger partial charge < -0.3 is 10.2 Å². The van der Waals surface area contributed by atoms with Crippen molar-refractivity contribution in [2.45, 2.75) is 51.6 Å². The summed E-state index contributed by atoms with van der Waals surface area (Å²) in [6.07, 6.45) is 8.07. The molecule has 5 heteroatoms. The van der Waals surface area contributed by atoms with Crippen LogP contribution in [-0.2, 0) is 6.54 Å². The summed E-state index contributed by atoms with van der Waals surface area (Å²) in [5.74, 6) is 0.549. The minimum Gasteiger partial charge on any atom is -0.330 e. The minimum atomic E-state index is -0.00145. The number of thiophene rings is 1. The smallest absolute Gasteiger partial charge is 0.317 e. The van der Waals surface area contributed by atoms with Crippen LogP contribution in [0, 0.1) is 12.8 Å². The van der Waals surface area contributed by atoms with E-state index >= 15 is 0 Å². The highest BCUT2D eigenvalue weighted by Gasteiger charge is 2.28. The fraction of sp³-hybridized carbons (Fsp3) is 0.500. The fourth-order valence-electron chi connectivity index (χ4n) is 3.65. The number of hydrogen-bond donors (Lipinski definition) is 1. The molecule has 0 spiro atoms. The number of aromatic nitrogens is 1. The molecule has 1 saturated carbocycles. The van der Waals surface area contributed by atoms with Gasteiger partial charge in [-0.05, 0) is 54.8 Å². The molecule has 2 aromatic rings. The Morgan fingerprint density at radius 2 is 2.16 bits per heavy atom. The summed E-state index contributed by atoms with van der Waals surface area (Å²) >= 11 is 1.74. The van der Waals surface area contributed by atoms with Crippen LogP contribution in [0.5, 0.6) is 0 Å². The largest absolute Gasteiger partial charge is 0.330 e. The first-order valence-electron chi connectivity index (χ1n) is 9.10. The average molecular weight is 358 g/mol. The molecule has 0 saturated heterocycles. The van der Waals surface area contributed by atoms with Crippen LogP contribution in [0.15, 0.2) is 35.8 Å². The van der Waals surface area contributed by atoms with Crippen LogP contribution in [0.2, 0.25) is 0 Å². The van der Waals surface area contributed by atoms with E-state index in [0.29, 0.717) is 12.5 Å². The second kappa shape index (κ2) is 8.48. The van der Waals surface area contributed by atoms with Crippen molar-refractivity contribution < 1.29 is 4.79 Å². The van der Waals surface area contributed by atoms with Crippen molar-refractivity contribution in [3.8, 4) is 0 Å². The van der Waals surface area contributed by atoms with Gasteiger partial charge in [0.1, 0.15) is 0 Å². The molecule has 2 heterocycles. The Balaban J connectivity index is 1.67. The lowest BCUT2D eigenvalue weighted by molar-refractivity contribution is 0.191. The minimum absolute atomic E-state index is 0.00145. The molecule has 3 rings (SSSR count). The third-order valence-electron chi connectivity index (χ3n) is 4.98. The Bertz CT molecular complexity index is 680. The summed E-state index contributed by atoms with van der Waals surface area (Å²) in [4.78, 5) is 20.0. The quantitative estimate of drug-likeness (QED) is 0.826. The molecule has 1 aliphatic carbocycles. The first-order valence-corrected chi connectivity index (χ1v) is 9.98. The van der Waals surface area contributed by atoms with Gasteiger partial charge in [-0.3, -0.25) is 4.98 Å². The highest BCUT2D eigenvalue weighted by atomic mass is 32.1. The normalized spacial score (nSPS) is 16.4. The number of carbonyl (C=O) groups is 1. The Hall–Kier alpha value is -1.88. The SMILES string of the molecule is Cc1cc(CN(C)C(=O)N[C@H](c2cccs2)C2CCCCC2)ccn1. The number of nitrogens with zero attached hydrogens (tertiary/aromatic N) is 2. The summed E-state index contributed by atoms with van der Waals surface area (Å²) in [7, 11) is 1.86. The molecule has 1 aliphatic rings. The van der Waals surface area contributed by atoms with Crippen molar-refractivity contribution in [2.75, 3.05) is 7.05 Å². The van der Waals surface area contributed by atoms with E-state index in [-0.39, 0.29) is 12.1 Å². The van der Waals surface area contributed by atoms with Crippen LogP contribution in [0.4, 0.5) is 4.79 Å². The molecule has 25 heavy (non-hydrogen) atoms. The summed E-state index contributed by atoms with van der Waals surface area (Å²) in [5.41, 5.74) is 2.08. The van der Waals surface area contributed by atoms with Gasteiger partial charge in [-0.1, -0.05) is 25.3 Å². The van der Waals surface area contributed by atoms with E-state index in [0.717, 1.165) is 11.3 Å². The van der Waals surface area contributed by atoms with Gasteiger partial charge in [0.25, 0.3) is 0 Å². The molecular weight excluding hydrogens is 330 g/mol. The van der Waals surface area contributed by atoms with E-state index in [1.807, 2.05) is 26.1 Å². The summed E-state index contributed by atoms with van der Waals surface area (Å²) in [5, 5.41) is 5.40. The van der Waals surface area contributed by atoms with Gasteiger partial charge in [0.15, 0.2) is 0 Å². The molecular formula is C20H27N3OS. The number of urea groups is 1. The molecule has 0 radical (unpaired) electrons. The first kappa shape index (κ1) is 17.9. The zero-order chi connectivity index (χ0) is 17.6. The topological polar surface area (TPSA) is 45.2 Å². The number of rotatable bonds is 5. The second-order valence-corrected chi connectivity index (χ2v) is 7.98. The molecule has 0 aliphatic heterocycles. The average Bonchev–Trinajstić information content (AvgIpc) is 3.14. The van der Waals surface area contributed by atoms with Crippen LogP contribution < -0.4 is 5.32 Å². The molecule has 2 aromatic heterocycles. The molecule has 4 nitrogen and oxygen atoms in total. The van der Waals surface area contributed by atoms with Crippen molar-refractivity contribution in [3.63, 3.8) is 0 Å². The Labute approximate surface area is 154 Å². The lowest BCUT2D eigenvalue weighted by Crippen LogP contribution is -2.41. The molecule has 0 bridgehead atoms. The van der Waals surface area contributed by atoms with Crippen LogP contribution in [-0.4, -0.2) is 23.0 Å². The van der Waals surface area contributed by atoms with E-state index in [1.54, 1.807) is 22.4 Å². The summed E-state index contributed by atoms with van der Waals surface area (Å²) in [6.45, 7) is 2.57. The fourth-order valence-corrected chi connectivity index (χ4v) is 4.52. The van der Waals surface area contributed by atoms with Gasteiger partial charge in [-0.15, -0.1) is 11.3 Å². The second-order valence-electron chi connectivity index (χ2n) is 7.00. The van der Waals surface area contributed by atoms with E-state index in [1.165, 1.54) is 37.0 Å². The highest BCUT2D eigenvalue weighted by molar-refractivity contribution is 7.10. The third kappa shape index (κ3) is 4.82. The molecule has 1 fully saturated rings. The zero-order valence-corrected chi connectivity index (χ0v) is 15.9. The van der Waals surface area contributed by atoms with Gasteiger partial charge in [0.2, 0.25) is 0 Å². The van der Waals surface area contributed by atoms with Gasteiger partial charge in [-0.25, -0.2) is 4.79 Å². The Morgan fingerprint density at radius 1 is 1.36 bits per heavy atom. The number of carbonyl (C=O) groups excluding carboxylic acids is 1. The highest BCUT2D eigenvalue weighted by Crippen LogP contribution is 2.36. The number of pyridine rings is 1. The summed E-state index contributed by atoms with van der Waals surface area (Å²) in [6, 6.07) is 8.35. The van der Waals surface area contributed by atoms with Crippen molar-refractivity contribution in [3.05, 3.63) is 52.0 Å². The predicted octanol–water partition coefficient (Wildman–Crippen LogP) is 4.91. The molecule has 0 unspecified atom stereocenters. The molecule has 1 N–H and O–H groups in total. The maximum Gasteiger partial charge on any atom is 0.317 e. The molecule has 0 aromatic carbocycles. The van der Waals surface area contributed by atoms with Crippen molar-refractivity contribution in [2.24, 2.45) is 5.92 Å². The van der Waals surface area contributed by atoms with Crippen molar-refractivity contribution in [1.29, 1.82) is 0 Å². The number of amides is 2. The monoisotopic (exact) mass is 357 g/mol. The maximum absolute atomic E-state index is 12.8.